The van der Waals surface area contributed by atoms with E-state index in [1.165, 1.54) is 0 Å². The first-order valence-corrected chi connectivity index (χ1v) is 4.76. The van der Waals surface area contributed by atoms with E-state index < -0.39 is 6.10 Å². The van der Waals surface area contributed by atoms with Crippen LogP contribution >= 0.6 is 0 Å². The molecule has 0 aliphatic heterocycles. The number of allylic oxidation sites excluding steroid dienone is 3. The molecule has 0 aliphatic rings. The van der Waals surface area contributed by atoms with Gasteiger partial charge in [0, 0.05) is 6.42 Å². The summed E-state index contributed by atoms with van der Waals surface area (Å²) in [5.74, 6) is 0.137. The van der Waals surface area contributed by atoms with Crippen molar-refractivity contribution in [1.29, 1.82) is 0 Å². The zero-order valence-corrected chi connectivity index (χ0v) is 8.36. The van der Waals surface area contributed by atoms with Crippen LogP contribution in [0.2, 0.25) is 0 Å². The number of ketones is 1. The SMILES string of the molecule is CCCC(=O)C=CC=CC(O)CC. The normalized spacial score (nSPS) is 14.1. The second-order valence-electron chi connectivity index (χ2n) is 2.94. The van der Waals surface area contributed by atoms with Crippen molar-refractivity contribution in [1.82, 2.24) is 0 Å². The fraction of sp³-hybridized carbons (Fsp3) is 0.545. The van der Waals surface area contributed by atoms with Gasteiger partial charge < -0.3 is 5.11 Å². The summed E-state index contributed by atoms with van der Waals surface area (Å²) in [4.78, 5) is 11.0. The van der Waals surface area contributed by atoms with E-state index in [1.54, 1.807) is 24.3 Å². The number of carbonyl (C=O) groups excluding carboxylic acids is 1. The van der Waals surface area contributed by atoms with Crippen LogP contribution in [0.3, 0.4) is 0 Å². The molecule has 0 fully saturated rings. The van der Waals surface area contributed by atoms with Crippen LogP contribution in [0.1, 0.15) is 33.1 Å². The Bertz CT molecular complexity index is 192. The molecule has 0 heterocycles. The average Bonchev–Trinajstić information content (AvgIpc) is 2.12. The Morgan fingerprint density at radius 2 is 2.08 bits per heavy atom. The fourth-order valence-electron chi connectivity index (χ4n) is 0.821. The second kappa shape index (κ2) is 7.74. The van der Waals surface area contributed by atoms with Crippen LogP contribution < -0.4 is 0 Å². The monoisotopic (exact) mass is 182 g/mol. The molecule has 0 amide bonds. The van der Waals surface area contributed by atoms with Gasteiger partial charge in [-0.15, -0.1) is 0 Å². The lowest BCUT2D eigenvalue weighted by Crippen LogP contribution is -1.97. The molecule has 0 radical (unpaired) electrons. The molecule has 0 rings (SSSR count). The molecule has 0 bridgehead atoms. The van der Waals surface area contributed by atoms with Gasteiger partial charge >= 0.3 is 0 Å². The van der Waals surface area contributed by atoms with Gasteiger partial charge in [-0.1, -0.05) is 32.1 Å². The van der Waals surface area contributed by atoms with E-state index in [9.17, 15) is 4.79 Å². The van der Waals surface area contributed by atoms with Gasteiger partial charge in [0.2, 0.25) is 0 Å². The lowest BCUT2D eigenvalue weighted by atomic mass is 10.2. The Balaban J connectivity index is 3.73. The zero-order chi connectivity index (χ0) is 10.1. The van der Waals surface area contributed by atoms with Crippen molar-refractivity contribution < 1.29 is 9.90 Å². The number of aliphatic hydroxyl groups is 1. The highest BCUT2D eigenvalue weighted by atomic mass is 16.3. The molecule has 0 aromatic rings. The van der Waals surface area contributed by atoms with E-state index in [-0.39, 0.29) is 5.78 Å². The number of aliphatic hydroxyl groups excluding tert-OH is 1. The van der Waals surface area contributed by atoms with Crippen LogP contribution in [-0.4, -0.2) is 17.0 Å². The summed E-state index contributed by atoms with van der Waals surface area (Å²) in [6.45, 7) is 3.88. The smallest absolute Gasteiger partial charge is 0.155 e. The van der Waals surface area contributed by atoms with E-state index in [2.05, 4.69) is 0 Å². The maximum absolute atomic E-state index is 11.0. The highest BCUT2D eigenvalue weighted by molar-refractivity contribution is 5.89. The second-order valence-corrected chi connectivity index (χ2v) is 2.94. The molecule has 1 N–H and O–H groups in total. The quantitative estimate of drug-likeness (QED) is 0.505. The fourth-order valence-corrected chi connectivity index (χ4v) is 0.821. The van der Waals surface area contributed by atoms with Gasteiger partial charge in [-0.25, -0.2) is 0 Å². The summed E-state index contributed by atoms with van der Waals surface area (Å²) in [6, 6.07) is 0. The van der Waals surface area contributed by atoms with Crippen molar-refractivity contribution in [2.45, 2.75) is 39.2 Å². The van der Waals surface area contributed by atoms with Crippen LogP contribution in [0.15, 0.2) is 24.3 Å². The highest BCUT2D eigenvalue weighted by Crippen LogP contribution is 1.94. The lowest BCUT2D eigenvalue weighted by molar-refractivity contribution is -0.114. The molecule has 2 heteroatoms. The van der Waals surface area contributed by atoms with Crippen LogP contribution in [0.4, 0.5) is 0 Å². The molecule has 0 saturated heterocycles. The van der Waals surface area contributed by atoms with Crippen LogP contribution in [-0.2, 0) is 4.79 Å². The Labute approximate surface area is 80.0 Å². The van der Waals surface area contributed by atoms with E-state index in [0.29, 0.717) is 12.8 Å². The summed E-state index contributed by atoms with van der Waals surface area (Å²) >= 11 is 0. The number of hydrogen-bond acceptors (Lipinski definition) is 2. The Kier molecular flexibility index (Phi) is 7.21. The van der Waals surface area contributed by atoms with Crippen LogP contribution in [0.25, 0.3) is 0 Å². The van der Waals surface area contributed by atoms with Crippen molar-refractivity contribution in [2.24, 2.45) is 0 Å². The first-order chi connectivity index (χ1) is 6.20. The molecule has 0 aromatic heterocycles. The van der Waals surface area contributed by atoms with E-state index >= 15 is 0 Å². The zero-order valence-electron chi connectivity index (χ0n) is 8.36. The molecule has 0 spiro atoms. The average molecular weight is 182 g/mol. The largest absolute Gasteiger partial charge is 0.389 e. The highest BCUT2D eigenvalue weighted by Gasteiger charge is 1.92. The summed E-state index contributed by atoms with van der Waals surface area (Å²) in [5, 5.41) is 9.12. The van der Waals surface area contributed by atoms with Crippen molar-refractivity contribution in [2.75, 3.05) is 0 Å². The maximum atomic E-state index is 11.0. The van der Waals surface area contributed by atoms with Gasteiger partial charge in [0.05, 0.1) is 6.10 Å². The minimum absolute atomic E-state index is 0.137. The Morgan fingerprint density at radius 3 is 2.62 bits per heavy atom. The number of carbonyl (C=O) groups is 1. The topological polar surface area (TPSA) is 37.3 Å². The first kappa shape index (κ1) is 12.1. The molecular weight excluding hydrogens is 164 g/mol. The van der Waals surface area contributed by atoms with E-state index in [0.717, 1.165) is 6.42 Å². The van der Waals surface area contributed by atoms with E-state index in [1.807, 2.05) is 13.8 Å². The van der Waals surface area contributed by atoms with E-state index in [4.69, 9.17) is 5.11 Å². The van der Waals surface area contributed by atoms with Gasteiger partial charge in [0.1, 0.15) is 0 Å². The van der Waals surface area contributed by atoms with Gasteiger partial charge in [-0.3, -0.25) is 4.79 Å². The number of hydrogen-bond donors (Lipinski definition) is 1. The molecule has 1 unspecified atom stereocenters. The molecule has 13 heavy (non-hydrogen) atoms. The van der Waals surface area contributed by atoms with Crippen molar-refractivity contribution in [3.63, 3.8) is 0 Å². The molecule has 0 aromatic carbocycles. The predicted octanol–water partition coefficient (Wildman–Crippen LogP) is 2.24. The van der Waals surface area contributed by atoms with Crippen molar-refractivity contribution in [3.05, 3.63) is 24.3 Å². The third-order valence-corrected chi connectivity index (χ3v) is 1.64. The van der Waals surface area contributed by atoms with Crippen LogP contribution in [0.5, 0.6) is 0 Å². The third kappa shape index (κ3) is 7.47. The molecular formula is C11H18O2. The maximum Gasteiger partial charge on any atom is 0.155 e. The third-order valence-electron chi connectivity index (χ3n) is 1.64. The van der Waals surface area contributed by atoms with Gasteiger partial charge in [0.15, 0.2) is 5.78 Å². The summed E-state index contributed by atoms with van der Waals surface area (Å²) in [5.41, 5.74) is 0. The molecule has 74 valence electrons. The summed E-state index contributed by atoms with van der Waals surface area (Å²) in [7, 11) is 0. The molecule has 1 atom stereocenters. The van der Waals surface area contributed by atoms with Crippen molar-refractivity contribution in [3.8, 4) is 0 Å². The lowest BCUT2D eigenvalue weighted by Gasteiger charge is -1.96. The molecule has 0 saturated carbocycles. The van der Waals surface area contributed by atoms with Gasteiger partial charge in [0.25, 0.3) is 0 Å². The summed E-state index contributed by atoms with van der Waals surface area (Å²) in [6.07, 6.45) is 8.39. The van der Waals surface area contributed by atoms with Gasteiger partial charge in [-0.05, 0) is 18.9 Å². The minimum atomic E-state index is -0.397. The first-order valence-electron chi connectivity index (χ1n) is 4.76. The molecule has 0 aliphatic carbocycles. The minimum Gasteiger partial charge on any atom is -0.389 e. The standard InChI is InChI=1S/C11H18O2/c1-3-7-11(13)9-6-5-8-10(12)4-2/h5-6,8-10,12H,3-4,7H2,1-2H3. The molecule has 2 nitrogen and oxygen atoms in total. The van der Waals surface area contributed by atoms with Gasteiger partial charge in [-0.2, -0.15) is 0 Å². The predicted molar refractivity (Wildman–Crippen MR) is 54.5 cm³/mol. The van der Waals surface area contributed by atoms with Crippen LogP contribution in [0, 0.1) is 0 Å². The summed E-state index contributed by atoms with van der Waals surface area (Å²) < 4.78 is 0. The van der Waals surface area contributed by atoms with Crippen molar-refractivity contribution >= 4 is 5.78 Å². The number of rotatable bonds is 6. The Morgan fingerprint density at radius 1 is 1.38 bits per heavy atom. The Hall–Kier alpha value is -0.890.